The first-order valence-electron chi connectivity index (χ1n) is 12.4. The van der Waals surface area contributed by atoms with E-state index in [-0.39, 0.29) is 30.3 Å². The molecule has 0 unspecified atom stereocenters. The van der Waals surface area contributed by atoms with E-state index in [9.17, 15) is 22.8 Å². The molecule has 2 aliphatic rings. The minimum Gasteiger partial charge on any atom is -0.489 e. The van der Waals surface area contributed by atoms with E-state index in [4.69, 9.17) is 14.2 Å². The molecule has 1 amide bonds. The number of hydrogen-bond acceptors (Lipinski definition) is 7. The third kappa shape index (κ3) is 6.15. The Morgan fingerprint density at radius 1 is 1.05 bits per heavy atom. The summed E-state index contributed by atoms with van der Waals surface area (Å²) in [6, 6.07) is 8.83. The molecule has 0 N–H and O–H groups in total. The minimum absolute atomic E-state index is 0.00539. The van der Waals surface area contributed by atoms with E-state index in [2.05, 4.69) is 4.74 Å². The van der Waals surface area contributed by atoms with Crippen molar-refractivity contribution in [2.45, 2.75) is 64.3 Å². The van der Waals surface area contributed by atoms with E-state index < -0.39 is 24.2 Å². The van der Waals surface area contributed by atoms with E-state index in [1.807, 2.05) is 6.07 Å². The van der Waals surface area contributed by atoms with Gasteiger partial charge in [0, 0.05) is 12.2 Å². The lowest BCUT2D eigenvalue weighted by Crippen LogP contribution is -2.47. The van der Waals surface area contributed by atoms with Crippen LogP contribution in [0.5, 0.6) is 17.2 Å². The van der Waals surface area contributed by atoms with E-state index in [1.165, 1.54) is 19.2 Å². The number of ether oxygens (including phenoxy) is 4. The highest BCUT2D eigenvalue weighted by Crippen LogP contribution is 2.36. The van der Waals surface area contributed by atoms with E-state index in [0.29, 0.717) is 37.1 Å². The van der Waals surface area contributed by atoms with E-state index in [1.54, 1.807) is 48.9 Å². The average Bonchev–Trinajstić information content (AvgIpc) is 3.45. The summed E-state index contributed by atoms with van der Waals surface area (Å²) in [6.45, 7) is 3.95. The molecule has 2 aromatic carbocycles. The zero-order valence-electron chi connectivity index (χ0n) is 21.7. The van der Waals surface area contributed by atoms with Crippen LogP contribution in [-0.2, 0) is 27.4 Å². The van der Waals surface area contributed by atoms with Gasteiger partial charge in [-0.2, -0.15) is 0 Å². The summed E-state index contributed by atoms with van der Waals surface area (Å²) in [5.74, 6) is -0.309. The zero-order chi connectivity index (χ0) is 27.6. The summed E-state index contributed by atoms with van der Waals surface area (Å²) in [4.78, 5) is 28.8. The Morgan fingerprint density at radius 2 is 1.79 bits per heavy atom. The number of likely N-dealkylation sites (N-methyl/N-ethyl adjacent to an activating group) is 1. The largest absolute Gasteiger partial charge is 0.573 e. The molecule has 1 fully saturated rings. The molecule has 0 aromatic heterocycles. The number of halogens is 3. The Kier molecular flexibility index (Phi) is 8.05. The molecular weight excluding hydrogens is 505 g/mol. The Labute approximate surface area is 219 Å². The van der Waals surface area contributed by atoms with Gasteiger partial charge in [0.1, 0.15) is 18.4 Å². The van der Waals surface area contributed by atoms with Crippen molar-refractivity contribution in [2.24, 2.45) is 0 Å². The molecule has 4 rings (SSSR count). The fourth-order valence-electron chi connectivity index (χ4n) is 4.90. The van der Waals surface area contributed by atoms with Gasteiger partial charge in [-0.15, -0.1) is 13.2 Å². The van der Waals surface area contributed by atoms with Crippen LogP contribution in [0.15, 0.2) is 36.4 Å². The predicted octanol–water partition coefficient (Wildman–Crippen LogP) is 4.48. The number of carbonyl (C=O) groups is 2. The van der Waals surface area contributed by atoms with Gasteiger partial charge in [-0.05, 0) is 81.6 Å². The van der Waals surface area contributed by atoms with Crippen molar-refractivity contribution in [3.63, 3.8) is 0 Å². The molecule has 0 radical (unpaired) electrons. The Balaban J connectivity index is 1.43. The molecule has 8 nitrogen and oxygen atoms in total. The van der Waals surface area contributed by atoms with Crippen LogP contribution in [0.3, 0.4) is 0 Å². The SMILES string of the molecule is COC(=O)[C@@H]1CC[C@@H](C(=O)N2CCc3cc(OCc4ccc(OC(C)C)c(OC(F)(F)F)c4)ccc32)N1C. The highest BCUT2D eigenvalue weighted by molar-refractivity contribution is 5.99. The first kappa shape index (κ1) is 27.6. The molecule has 11 heteroatoms. The molecule has 0 aliphatic carbocycles. The first-order chi connectivity index (χ1) is 18.0. The standard InChI is InChI=1S/C27H31F3N2O6/c1-16(2)37-23-10-5-17(13-24(23)38-27(28,29)30)15-36-19-6-7-20-18(14-19)11-12-32(20)25(33)21-8-9-22(31(21)3)26(34)35-4/h5-7,10,13-14,16,21-22H,8-9,11-12,15H2,1-4H3/t21-,22-/m0/s1. The monoisotopic (exact) mass is 536 g/mol. The second kappa shape index (κ2) is 11.1. The van der Waals surface area contributed by atoms with Crippen LogP contribution in [0.1, 0.15) is 37.8 Å². The van der Waals surface area contributed by atoms with E-state index >= 15 is 0 Å². The van der Waals surface area contributed by atoms with Crippen LogP contribution in [0.25, 0.3) is 0 Å². The molecule has 38 heavy (non-hydrogen) atoms. The second-order valence-electron chi connectivity index (χ2n) is 9.61. The van der Waals surface area contributed by atoms with Crippen molar-refractivity contribution in [1.29, 1.82) is 0 Å². The number of esters is 1. The Hall–Kier alpha value is -3.47. The van der Waals surface area contributed by atoms with E-state index in [0.717, 1.165) is 11.3 Å². The van der Waals surface area contributed by atoms with Gasteiger partial charge in [0.25, 0.3) is 0 Å². The van der Waals surface area contributed by atoms with Crippen molar-refractivity contribution in [1.82, 2.24) is 4.90 Å². The fourth-order valence-corrected chi connectivity index (χ4v) is 4.90. The lowest BCUT2D eigenvalue weighted by atomic mass is 10.1. The molecule has 2 heterocycles. The highest BCUT2D eigenvalue weighted by atomic mass is 19.4. The van der Waals surface area contributed by atoms with Gasteiger partial charge in [0.05, 0.1) is 19.3 Å². The maximum atomic E-state index is 13.3. The van der Waals surface area contributed by atoms with Crippen LogP contribution in [0, 0.1) is 0 Å². The third-order valence-corrected chi connectivity index (χ3v) is 6.67. The second-order valence-corrected chi connectivity index (χ2v) is 9.61. The number of hydrogen-bond donors (Lipinski definition) is 0. The molecule has 0 bridgehead atoms. The van der Waals surface area contributed by atoms with Gasteiger partial charge in [-0.25, -0.2) is 0 Å². The number of alkyl halides is 3. The van der Waals surface area contributed by atoms with Gasteiger partial charge < -0.3 is 23.8 Å². The first-order valence-corrected chi connectivity index (χ1v) is 12.4. The van der Waals surface area contributed by atoms with Crippen LogP contribution in [-0.4, -0.2) is 62.0 Å². The number of anilines is 1. The normalized spacial score (nSPS) is 19.4. The van der Waals surface area contributed by atoms with Crippen molar-refractivity contribution in [3.05, 3.63) is 47.5 Å². The van der Waals surface area contributed by atoms with Crippen molar-refractivity contribution < 1.29 is 41.7 Å². The van der Waals surface area contributed by atoms with Crippen molar-refractivity contribution in [2.75, 3.05) is 25.6 Å². The number of amides is 1. The van der Waals surface area contributed by atoms with Crippen LogP contribution < -0.4 is 19.1 Å². The van der Waals surface area contributed by atoms with Crippen LogP contribution in [0.4, 0.5) is 18.9 Å². The highest BCUT2D eigenvalue weighted by Gasteiger charge is 2.42. The lowest BCUT2D eigenvalue weighted by molar-refractivity contribution is -0.275. The molecule has 2 aliphatic heterocycles. The summed E-state index contributed by atoms with van der Waals surface area (Å²) >= 11 is 0. The fraction of sp³-hybridized carbons (Fsp3) is 0.481. The van der Waals surface area contributed by atoms with Gasteiger partial charge in [0.2, 0.25) is 5.91 Å². The maximum Gasteiger partial charge on any atom is 0.573 e. The van der Waals surface area contributed by atoms with Gasteiger partial charge >= 0.3 is 12.3 Å². The Morgan fingerprint density at radius 3 is 2.47 bits per heavy atom. The summed E-state index contributed by atoms with van der Waals surface area (Å²) < 4.78 is 58.9. The third-order valence-electron chi connectivity index (χ3n) is 6.67. The number of fused-ring (bicyclic) bond motifs is 1. The molecular formula is C27H31F3N2O6. The summed E-state index contributed by atoms with van der Waals surface area (Å²) in [5.41, 5.74) is 2.19. The number of carbonyl (C=O) groups excluding carboxylic acids is 2. The van der Waals surface area contributed by atoms with Gasteiger partial charge in [0.15, 0.2) is 11.5 Å². The molecule has 2 atom stereocenters. The topological polar surface area (TPSA) is 77.5 Å². The molecule has 0 spiro atoms. The maximum absolute atomic E-state index is 13.3. The summed E-state index contributed by atoms with van der Waals surface area (Å²) in [6.07, 6.45) is -3.41. The van der Waals surface area contributed by atoms with Gasteiger partial charge in [-0.3, -0.25) is 14.5 Å². The molecule has 206 valence electrons. The van der Waals surface area contributed by atoms with Crippen molar-refractivity contribution >= 4 is 17.6 Å². The summed E-state index contributed by atoms with van der Waals surface area (Å²) in [7, 11) is 3.10. The zero-order valence-corrected chi connectivity index (χ0v) is 21.7. The van der Waals surface area contributed by atoms with Gasteiger partial charge in [-0.1, -0.05) is 6.07 Å². The minimum atomic E-state index is -4.86. The number of benzene rings is 2. The number of nitrogens with zero attached hydrogens (tertiary/aromatic N) is 2. The van der Waals surface area contributed by atoms with Crippen LogP contribution >= 0.6 is 0 Å². The average molecular weight is 537 g/mol. The number of methoxy groups -OCH3 is 1. The molecule has 0 saturated carbocycles. The number of rotatable bonds is 8. The predicted molar refractivity (Wildman–Crippen MR) is 132 cm³/mol. The smallest absolute Gasteiger partial charge is 0.489 e. The number of likely N-dealkylation sites (tertiary alicyclic amines) is 1. The molecule has 1 saturated heterocycles. The molecule has 2 aromatic rings. The van der Waals surface area contributed by atoms with Crippen LogP contribution in [0.2, 0.25) is 0 Å². The summed E-state index contributed by atoms with van der Waals surface area (Å²) in [5, 5.41) is 0. The Bertz CT molecular complexity index is 1190. The van der Waals surface area contributed by atoms with Crippen molar-refractivity contribution in [3.8, 4) is 17.2 Å². The quantitative estimate of drug-likeness (QED) is 0.461. The lowest BCUT2D eigenvalue weighted by Gasteiger charge is -2.27.